The molecule has 0 saturated carbocycles. The van der Waals surface area contributed by atoms with Gasteiger partial charge < -0.3 is 5.11 Å². The fourth-order valence-corrected chi connectivity index (χ4v) is 6.66. The van der Waals surface area contributed by atoms with Crippen LogP contribution in [0.25, 0.3) is 11.6 Å². The number of benzene rings is 1. The van der Waals surface area contributed by atoms with Gasteiger partial charge in [0.1, 0.15) is 9.22 Å². The molecule has 1 aromatic carbocycles. The van der Waals surface area contributed by atoms with Crippen LogP contribution in [0.15, 0.2) is 52.2 Å². The molecule has 0 aliphatic carbocycles. The van der Waals surface area contributed by atoms with Crippen LogP contribution in [0, 0.1) is 0 Å². The Morgan fingerprint density at radius 3 is 2.86 bits per heavy atom. The predicted octanol–water partition coefficient (Wildman–Crippen LogP) is 4.82. The molecule has 0 fully saturated rings. The third-order valence-corrected chi connectivity index (χ3v) is 9.56. The maximum atomic E-state index is 12.8. The number of rotatable bonds is 9. The molecular weight excluding hydrogens is 444 g/mol. The first-order chi connectivity index (χ1) is 13.9. The summed E-state index contributed by atoms with van der Waals surface area (Å²) in [7, 11) is -1.98. The van der Waals surface area contributed by atoms with Gasteiger partial charge in [-0.2, -0.15) is 11.8 Å². The predicted molar refractivity (Wildman–Crippen MR) is 125 cm³/mol. The Bertz CT molecular complexity index is 1070. The molecule has 29 heavy (non-hydrogen) atoms. The normalized spacial score (nSPS) is 12.3. The molecule has 0 radical (unpaired) electrons. The van der Waals surface area contributed by atoms with Gasteiger partial charge in [-0.05, 0) is 47.7 Å². The quantitative estimate of drug-likeness (QED) is 0.458. The van der Waals surface area contributed by atoms with E-state index in [0.717, 1.165) is 27.6 Å². The Hall–Kier alpha value is -1.65. The molecule has 3 aromatic rings. The van der Waals surface area contributed by atoms with Crippen LogP contribution in [-0.4, -0.2) is 37.9 Å². The van der Waals surface area contributed by atoms with Crippen LogP contribution in [0.4, 0.5) is 5.69 Å². The van der Waals surface area contributed by atoms with Gasteiger partial charge in [0.25, 0.3) is 10.0 Å². The monoisotopic (exact) mass is 466 g/mol. The molecular formula is C20H22N2O3S4. The molecule has 0 spiro atoms. The van der Waals surface area contributed by atoms with E-state index >= 15 is 0 Å². The molecule has 2 heterocycles. The zero-order chi connectivity index (χ0) is 20.9. The van der Waals surface area contributed by atoms with Crippen molar-refractivity contribution in [1.29, 1.82) is 0 Å². The Morgan fingerprint density at radius 1 is 1.31 bits per heavy atom. The first-order valence-electron chi connectivity index (χ1n) is 8.86. The number of hydrogen-bond donors (Lipinski definition) is 1. The number of allylic oxidation sites excluding steroid dienone is 1. The topological polar surface area (TPSA) is 70.5 Å². The highest BCUT2D eigenvalue weighted by atomic mass is 32.2. The highest BCUT2D eigenvalue weighted by Crippen LogP contribution is 2.28. The van der Waals surface area contributed by atoms with E-state index in [-0.39, 0.29) is 6.61 Å². The molecule has 0 aliphatic rings. The highest BCUT2D eigenvalue weighted by molar-refractivity contribution is 7.98. The molecule has 1 N–H and O–H groups in total. The summed E-state index contributed by atoms with van der Waals surface area (Å²) >= 11 is 4.53. The molecule has 9 heteroatoms. The zero-order valence-electron chi connectivity index (χ0n) is 16.1. The van der Waals surface area contributed by atoms with Gasteiger partial charge in [-0.25, -0.2) is 13.4 Å². The SMILES string of the molecule is C/C(=C\c1cccc(N(C)S(=O)(=O)c2cccs2)c1)c1ncc(CSCCO)s1. The minimum Gasteiger partial charge on any atom is -0.396 e. The van der Waals surface area contributed by atoms with E-state index in [1.165, 1.54) is 20.5 Å². The maximum Gasteiger partial charge on any atom is 0.273 e. The summed E-state index contributed by atoms with van der Waals surface area (Å²) in [4.78, 5) is 5.66. The fourth-order valence-electron chi connectivity index (χ4n) is 2.60. The first kappa shape index (κ1) is 22.0. The van der Waals surface area contributed by atoms with Gasteiger partial charge >= 0.3 is 0 Å². The van der Waals surface area contributed by atoms with Gasteiger partial charge in [0.2, 0.25) is 0 Å². The van der Waals surface area contributed by atoms with Gasteiger partial charge in [0, 0.05) is 29.6 Å². The van der Waals surface area contributed by atoms with Gasteiger partial charge in [-0.3, -0.25) is 4.31 Å². The van der Waals surface area contributed by atoms with Crippen molar-refractivity contribution in [1.82, 2.24) is 4.98 Å². The minimum absolute atomic E-state index is 0.183. The van der Waals surface area contributed by atoms with E-state index in [1.54, 1.807) is 53.7 Å². The molecule has 154 valence electrons. The Labute approximate surface area is 183 Å². The maximum absolute atomic E-state index is 12.8. The molecule has 3 rings (SSSR count). The summed E-state index contributed by atoms with van der Waals surface area (Å²) < 4.78 is 27.1. The number of aromatic nitrogens is 1. The zero-order valence-corrected chi connectivity index (χ0v) is 19.4. The van der Waals surface area contributed by atoms with Crippen molar-refractivity contribution in [2.75, 3.05) is 23.7 Å². The van der Waals surface area contributed by atoms with E-state index in [0.29, 0.717) is 9.90 Å². The van der Waals surface area contributed by atoms with Crippen molar-refractivity contribution < 1.29 is 13.5 Å². The number of sulfonamides is 1. The second kappa shape index (κ2) is 9.90. The van der Waals surface area contributed by atoms with E-state index in [2.05, 4.69) is 4.98 Å². The van der Waals surface area contributed by atoms with Crippen LogP contribution in [0.2, 0.25) is 0 Å². The molecule has 2 aromatic heterocycles. The number of thiazole rings is 1. The lowest BCUT2D eigenvalue weighted by Crippen LogP contribution is -2.25. The van der Waals surface area contributed by atoms with Crippen LogP contribution >= 0.6 is 34.4 Å². The largest absolute Gasteiger partial charge is 0.396 e. The molecule has 0 aliphatic heterocycles. The van der Waals surface area contributed by atoms with E-state index in [1.807, 2.05) is 37.4 Å². The van der Waals surface area contributed by atoms with Crippen LogP contribution in [0.3, 0.4) is 0 Å². The number of nitrogens with zero attached hydrogens (tertiary/aromatic N) is 2. The van der Waals surface area contributed by atoms with Crippen molar-refractivity contribution in [2.45, 2.75) is 16.9 Å². The average molecular weight is 467 g/mol. The number of aliphatic hydroxyl groups is 1. The summed E-state index contributed by atoms with van der Waals surface area (Å²) in [6, 6.07) is 10.8. The number of hydrogen-bond acceptors (Lipinski definition) is 7. The standard InChI is InChI=1S/C20H22N2O3S4/c1-15(20-21-13-18(28-20)14-26-10-8-23)11-16-5-3-6-17(12-16)22(2)29(24,25)19-7-4-9-27-19/h3-7,9,11-13,23H,8,10,14H2,1-2H3/b15-11+. The Morgan fingerprint density at radius 2 is 2.14 bits per heavy atom. The summed E-state index contributed by atoms with van der Waals surface area (Å²) in [5.41, 5.74) is 2.55. The van der Waals surface area contributed by atoms with Crippen molar-refractivity contribution in [3.8, 4) is 0 Å². The Balaban J connectivity index is 1.79. The van der Waals surface area contributed by atoms with Gasteiger partial charge in [-0.15, -0.1) is 22.7 Å². The molecule has 0 amide bonds. The lowest BCUT2D eigenvalue weighted by atomic mass is 10.1. The van der Waals surface area contributed by atoms with Crippen LogP contribution in [0.5, 0.6) is 0 Å². The Kier molecular flexibility index (Phi) is 7.53. The van der Waals surface area contributed by atoms with E-state index in [4.69, 9.17) is 5.11 Å². The van der Waals surface area contributed by atoms with Gasteiger partial charge in [-0.1, -0.05) is 18.2 Å². The smallest absolute Gasteiger partial charge is 0.273 e. The van der Waals surface area contributed by atoms with Crippen LogP contribution in [0.1, 0.15) is 22.4 Å². The number of thiophene rings is 1. The molecule has 0 bridgehead atoms. The van der Waals surface area contributed by atoms with Gasteiger partial charge in [0.05, 0.1) is 12.3 Å². The van der Waals surface area contributed by atoms with E-state index < -0.39 is 10.0 Å². The summed E-state index contributed by atoms with van der Waals surface area (Å²) in [6.45, 7) is 2.19. The average Bonchev–Trinajstić information content (AvgIpc) is 3.40. The highest BCUT2D eigenvalue weighted by Gasteiger charge is 2.22. The third kappa shape index (κ3) is 5.49. The van der Waals surface area contributed by atoms with Crippen molar-refractivity contribution >= 4 is 61.8 Å². The first-order valence-corrected chi connectivity index (χ1v) is 13.2. The minimum atomic E-state index is -3.55. The molecule has 0 atom stereocenters. The lowest BCUT2D eigenvalue weighted by molar-refractivity contribution is 0.322. The third-order valence-electron chi connectivity index (χ3n) is 4.10. The summed E-state index contributed by atoms with van der Waals surface area (Å²) in [5.74, 6) is 1.56. The molecule has 5 nitrogen and oxygen atoms in total. The lowest BCUT2D eigenvalue weighted by Gasteiger charge is -2.18. The fraction of sp³-hybridized carbons (Fsp3) is 0.250. The number of aliphatic hydroxyl groups excluding tert-OH is 1. The molecule has 0 saturated heterocycles. The summed E-state index contributed by atoms with van der Waals surface area (Å²) in [6.07, 6.45) is 3.89. The van der Waals surface area contributed by atoms with Crippen LogP contribution < -0.4 is 4.31 Å². The van der Waals surface area contributed by atoms with Gasteiger partial charge in [0.15, 0.2) is 0 Å². The number of thioether (sulfide) groups is 1. The summed E-state index contributed by atoms with van der Waals surface area (Å²) in [5, 5.41) is 11.6. The van der Waals surface area contributed by atoms with Crippen molar-refractivity contribution in [3.63, 3.8) is 0 Å². The second-order valence-electron chi connectivity index (χ2n) is 6.23. The van der Waals surface area contributed by atoms with Crippen LogP contribution in [-0.2, 0) is 15.8 Å². The second-order valence-corrected chi connectivity index (χ2v) is 11.6. The van der Waals surface area contributed by atoms with E-state index in [9.17, 15) is 8.42 Å². The molecule has 0 unspecified atom stereocenters. The van der Waals surface area contributed by atoms with Crippen molar-refractivity contribution in [3.05, 3.63) is 63.4 Å². The number of anilines is 1. The van der Waals surface area contributed by atoms with Crippen molar-refractivity contribution in [2.24, 2.45) is 0 Å².